The molecule has 0 bridgehead atoms. The Hall–Kier alpha value is -3.77. The van der Waals surface area contributed by atoms with Gasteiger partial charge >= 0.3 is 0 Å². The normalized spacial score (nSPS) is 13.9. The molecular weight excluding hydrogens is 419 g/mol. The summed E-state index contributed by atoms with van der Waals surface area (Å²) < 4.78 is 18.9. The number of ether oxygens (including phenoxy) is 1. The molecule has 33 heavy (non-hydrogen) atoms. The molecule has 0 unspecified atom stereocenters. The third-order valence-corrected chi connectivity index (χ3v) is 6.01. The van der Waals surface area contributed by atoms with Crippen molar-refractivity contribution in [3.63, 3.8) is 0 Å². The number of aromatic amines is 1. The van der Waals surface area contributed by atoms with Crippen LogP contribution in [-0.4, -0.2) is 37.1 Å². The van der Waals surface area contributed by atoms with E-state index in [1.807, 2.05) is 18.2 Å². The van der Waals surface area contributed by atoms with Crippen LogP contribution in [0.25, 0.3) is 10.9 Å². The molecule has 0 amide bonds. The van der Waals surface area contributed by atoms with Gasteiger partial charge in [-0.2, -0.15) is 0 Å². The minimum atomic E-state index is -0.316. The number of rotatable bonds is 5. The van der Waals surface area contributed by atoms with Gasteiger partial charge in [0.1, 0.15) is 11.6 Å². The summed E-state index contributed by atoms with van der Waals surface area (Å²) in [4.78, 5) is 32.5. The molecule has 2 heterocycles. The number of pyridine rings is 1. The molecule has 0 atom stereocenters. The van der Waals surface area contributed by atoms with E-state index in [0.29, 0.717) is 66.1 Å². The Kier molecular flexibility index (Phi) is 5.75. The first-order valence-corrected chi connectivity index (χ1v) is 11.0. The summed E-state index contributed by atoms with van der Waals surface area (Å²) in [5, 5.41) is 0.464. The average Bonchev–Trinajstić information content (AvgIpc) is 2.87. The number of para-hydroxylation sites is 1. The molecule has 0 radical (unpaired) electrons. The Morgan fingerprint density at radius 2 is 1.67 bits per heavy atom. The number of morpholine rings is 1. The van der Waals surface area contributed by atoms with Crippen LogP contribution in [0.15, 0.2) is 77.6 Å². The van der Waals surface area contributed by atoms with Gasteiger partial charge in [0.2, 0.25) is 0 Å². The number of H-pyrrole nitrogens is 1. The van der Waals surface area contributed by atoms with Crippen LogP contribution in [0.5, 0.6) is 0 Å². The lowest BCUT2D eigenvalue weighted by atomic mass is 9.97. The van der Waals surface area contributed by atoms with Gasteiger partial charge in [-0.15, -0.1) is 0 Å². The van der Waals surface area contributed by atoms with E-state index in [0.717, 1.165) is 5.56 Å². The number of hydrogen-bond acceptors (Lipinski definition) is 4. The van der Waals surface area contributed by atoms with Crippen LogP contribution in [0.2, 0.25) is 0 Å². The summed E-state index contributed by atoms with van der Waals surface area (Å²) in [6, 6.07) is 20.5. The standard InChI is InChI=1S/C27H23FN2O3/c28-20-11-9-18(10-12-20)17-23-26(32)22-8-4-7-21(25(31)19-5-2-1-3-6-19)24(22)29-27(23)30-13-15-33-16-14-30/h1-12H,13-17H2,(H,29,32). The number of ketones is 1. The molecule has 5 rings (SSSR count). The molecule has 3 aromatic carbocycles. The predicted molar refractivity (Wildman–Crippen MR) is 127 cm³/mol. The second-order valence-corrected chi connectivity index (χ2v) is 8.11. The van der Waals surface area contributed by atoms with Crippen molar-refractivity contribution in [1.82, 2.24) is 4.98 Å². The summed E-state index contributed by atoms with van der Waals surface area (Å²) in [5.74, 6) is 0.230. The van der Waals surface area contributed by atoms with Gasteiger partial charge in [-0.05, 0) is 29.8 Å². The maximum absolute atomic E-state index is 13.7. The van der Waals surface area contributed by atoms with Gasteiger partial charge in [-0.1, -0.05) is 48.5 Å². The minimum Gasteiger partial charge on any atom is -0.378 e. The third kappa shape index (κ3) is 4.17. The number of carbonyl (C=O) groups is 1. The number of aromatic nitrogens is 1. The fourth-order valence-electron chi connectivity index (χ4n) is 4.30. The van der Waals surface area contributed by atoms with Crippen molar-refractivity contribution in [2.24, 2.45) is 0 Å². The van der Waals surface area contributed by atoms with Crippen LogP contribution in [0, 0.1) is 5.82 Å². The van der Waals surface area contributed by atoms with Gasteiger partial charge in [-0.25, -0.2) is 4.39 Å². The lowest BCUT2D eigenvalue weighted by Crippen LogP contribution is -2.38. The van der Waals surface area contributed by atoms with E-state index in [9.17, 15) is 14.0 Å². The number of fused-ring (bicyclic) bond motifs is 1. The van der Waals surface area contributed by atoms with E-state index in [4.69, 9.17) is 4.74 Å². The van der Waals surface area contributed by atoms with Crippen molar-refractivity contribution in [2.75, 3.05) is 31.2 Å². The predicted octanol–water partition coefficient (Wildman–Crippen LogP) is 4.33. The fourth-order valence-corrected chi connectivity index (χ4v) is 4.30. The van der Waals surface area contributed by atoms with Crippen LogP contribution in [0.1, 0.15) is 27.0 Å². The van der Waals surface area contributed by atoms with Crippen molar-refractivity contribution in [2.45, 2.75) is 6.42 Å². The zero-order valence-electron chi connectivity index (χ0n) is 18.0. The Morgan fingerprint density at radius 3 is 2.39 bits per heavy atom. The van der Waals surface area contributed by atoms with E-state index < -0.39 is 0 Å². The highest BCUT2D eigenvalue weighted by atomic mass is 19.1. The van der Waals surface area contributed by atoms with E-state index in [2.05, 4.69) is 9.88 Å². The molecule has 1 aliphatic heterocycles. The first-order valence-electron chi connectivity index (χ1n) is 11.0. The Morgan fingerprint density at radius 1 is 0.939 bits per heavy atom. The molecule has 0 spiro atoms. The molecule has 0 aliphatic carbocycles. The topological polar surface area (TPSA) is 62.4 Å². The second kappa shape index (κ2) is 9.00. The van der Waals surface area contributed by atoms with Gasteiger partial charge in [-0.3, -0.25) is 9.59 Å². The molecule has 5 nitrogen and oxygen atoms in total. The molecule has 1 aromatic heterocycles. The smallest absolute Gasteiger partial charge is 0.195 e. The van der Waals surface area contributed by atoms with Crippen molar-refractivity contribution in [3.8, 4) is 0 Å². The SMILES string of the molecule is O=C(c1ccccc1)c1cccc2c(=O)c(Cc3ccc(F)cc3)c(N3CCOCC3)[nH]c12. The molecule has 0 saturated carbocycles. The number of hydrogen-bond donors (Lipinski definition) is 1. The van der Waals surface area contributed by atoms with E-state index >= 15 is 0 Å². The van der Waals surface area contributed by atoms with Crippen LogP contribution in [-0.2, 0) is 11.2 Å². The van der Waals surface area contributed by atoms with E-state index in [1.54, 1.807) is 42.5 Å². The highest BCUT2D eigenvalue weighted by Crippen LogP contribution is 2.26. The molecule has 1 saturated heterocycles. The number of benzene rings is 3. The zero-order chi connectivity index (χ0) is 22.8. The van der Waals surface area contributed by atoms with Gasteiger partial charge in [0.15, 0.2) is 11.2 Å². The molecule has 4 aromatic rings. The first-order chi connectivity index (χ1) is 16.1. The summed E-state index contributed by atoms with van der Waals surface area (Å²) in [6.07, 6.45) is 0.356. The summed E-state index contributed by atoms with van der Waals surface area (Å²) in [5.41, 5.74) is 2.86. The second-order valence-electron chi connectivity index (χ2n) is 8.11. The molecule has 6 heteroatoms. The summed E-state index contributed by atoms with van der Waals surface area (Å²) >= 11 is 0. The third-order valence-electron chi connectivity index (χ3n) is 6.01. The largest absolute Gasteiger partial charge is 0.378 e. The van der Waals surface area contributed by atoms with Gasteiger partial charge < -0.3 is 14.6 Å². The minimum absolute atomic E-state index is 0.128. The molecular formula is C27H23FN2O3. The van der Waals surface area contributed by atoms with Gasteiger partial charge in [0, 0.05) is 41.6 Å². The first kappa shape index (κ1) is 21.1. The Bertz CT molecular complexity index is 1360. The van der Waals surface area contributed by atoms with Gasteiger partial charge in [0.05, 0.1) is 18.7 Å². The maximum atomic E-state index is 13.7. The van der Waals surface area contributed by atoms with Crippen LogP contribution < -0.4 is 10.3 Å². The summed E-state index contributed by atoms with van der Waals surface area (Å²) in [7, 11) is 0. The lowest BCUT2D eigenvalue weighted by Gasteiger charge is -2.30. The number of anilines is 1. The molecule has 166 valence electrons. The van der Waals surface area contributed by atoms with Crippen molar-refractivity contribution in [3.05, 3.63) is 111 Å². The average molecular weight is 442 g/mol. The fraction of sp³-hybridized carbons (Fsp3) is 0.185. The van der Waals surface area contributed by atoms with E-state index in [1.165, 1.54) is 12.1 Å². The van der Waals surface area contributed by atoms with Crippen molar-refractivity contribution < 1.29 is 13.9 Å². The Balaban J connectivity index is 1.69. The van der Waals surface area contributed by atoms with Crippen LogP contribution in [0.4, 0.5) is 10.2 Å². The van der Waals surface area contributed by atoms with Crippen LogP contribution >= 0.6 is 0 Å². The number of nitrogens with one attached hydrogen (secondary N) is 1. The number of carbonyl (C=O) groups excluding carboxylic acids is 1. The lowest BCUT2D eigenvalue weighted by molar-refractivity contribution is 0.104. The maximum Gasteiger partial charge on any atom is 0.195 e. The quantitative estimate of drug-likeness (QED) is 0.468. The van der Waals surface area contributed by atoms with Crippen molar-refractivity contribution >= 4 is 22.5 Å². The summed E-state index contributed by atoms with van der Waals surface area (Å²) in [6.45, 7) is 2.38. The van der Waals surface area contributed by atoms with Crippen molar-refractivity contribution in [1.29, 1.82) is 0 Å². The Labute approximate surface area is 190 Å². The monoisotopic (exact) mass is 442 g/mol. The number of nitrogens with zero attached hydrogens (tertiary/aromatic N) is 1. The zero-order valence-corrected chi connectivity index (χ0v) is 18.0. The molecule has 1 fully saturated rings. The highest BCUT2D eigenvalue weighted by Gasteiger charge is 2.22. The molecule has 1 N–H and O–H groups in total. The van der Waals surface area contributed by atoms with Gasteiger partial charge in [0.25, 0.3) is 0 Å². The highest BCUT2D eigenvalue weighted by molar-refractivity contribution is 6.15. The molecule has 1 aliphatic rings. The van der Waals surface area contributed by atoms with E-state index in [-0.39, 0.29) is 17.0 Å². The number of halogens is 1. The van der Waals surface area contributed by atoms with Crippen LogP contribution in [0.3, 0.4) is 0 Å².